The average Bonchev–Trinajstić information content (AvgIpc) is 3.33. The van der Waals surface area contributed by atoms with Crippen molar-refractivity contribution < 1.29 is 24.1 Å². The zero-order valence-electron chi connectivity index (χ0n) is 22.0. The summed E-state index contributed by atoms with van der Waals surface area (Å²) in [4.78, 5) is 55.3. The maximum Gasteiger partial charge on any atom is 0.305 e. The van der Waals surface area contributed by atoms with Crippen LogP contribution in [0.25, 0.3) is 0 Å². The molecular weight excluding hydrogens is 524 g/mol. The molecule has 208 valence electrons. The van der Waals surface area contributed by atoms with Crippen molar-refractivity contribution in [2.75, 3.05) is 11.1 Å². The number of nitrogens with zero attached hydrogens (tertiary/aromatic N) is 4. The van der Waals surface area contributed by atoms with Gasteiger partial charge in [-0.25, -0.2) is 9.61 Å². The Hall–Kier alpha value is -4.00. The maximum atomic E-state index is 13.3. The number of aliphatic carboxylic acids is 1. The predicted octanol–water partition coefficient (Wildman–Crippen LogP) is 2.52. The van der Waals surface area contributed by atoms with Crippen LogP contribution < -0.4 is 16.2 Å². The molecule has 3 rings (SSSR count). The van der Waals surface area contributed by atoms with Gasteiger partial charge in [-0.1, -0.05) is 54.5 Å². The van der Waals surface area contributed by atoms with Gasteiger partial charge in [0.25, 0.3) is 5.56 Å². The number of benzene rings is 1. The molecule has 2 atom stereocenters. The molecule has 0 radical (unpaired) electrons. The number of nitrogens with one attached hydrogen (secondary N) is 2. The molecule has 12 nitrogen and oxygen atoms in total. The van der Waals surface area contributed by atoms with E-state index in [4.69, 9.17) is 0 Å². The normalized spacial score (nSPS) is 12.5. The molecule has 0 fully saturated rings. The van der Waals surface area contributed by atoms with E-state index in [2.05, 4.69) is 30.6 Å². The second-order valence-electron chi connectivity index (χ2n) is 8.82. The van der Waals surface area contributed by atoms with Crippen LogP contribution in [0, 0.1) is 6.92 Å². The van der Waals surface area contributed by atoms with Gasteiger partial charge in [0.05, 0.1) is 30.5 Å². The molecule has 3 N–H and O–H groups in total. The summed E-state index contributed by atoms with van der Waals surface area (Å²) in [6, 6.07) is 7.35. The number of carboxylic acids is 1. The first-order valence-corrected chi connectivity index (χ1v) is 13.7. The second kappa shape index (κ2) is 14.2. The molecular formula is C26H32N6O6S. The van der Waals surface area contributed by atoms with Crippen molar-refractivity contribution in [2.24, 2.45) is 0 Å². The molecule has 2 aromatic heterocycles. The summed E-state index contributed by atoms with van der Waals surface area (Å²) in [6.45, 7) is 5.45. The first-order valence-electron chi connectivity index (χ1n) is 12.5. The lowest BCUT2D eigenvalue weighted by Gasteiger charge is -2.23. The van der Waals surface area contributed by atoms with E-state index in [9.17, 15) is 24.3 Å². The van der Waals surface area contributed by atoms with Crippen LogP contribution in [0.1, 0.15) is 55.4 Å². The average molecular weight is 557 g/mol. The number of aryl methyl sites for hydroxylation is 2. The Morgan fingerprint density at radius 2 is 1.90 bits per heavy atom. The molecule has 39 heavy (non-hydrogen) atoms. The van der Waals surface area contributed by atoms with Gasteiger partial charge in [-0.2, -0.15) is 0 Å². The molecule has 0 bridgehead atoms. The van der Waals surface area contributed by atoms with E-state index in [1.54, 1.807) is 13.8 Å². The Bertz CT molecular complexity index is 1340. The molecule has 0 spiro atoms. The van der Waals surface area contributed by atoms with Crippen LogP contribution >= 0.6 is 11.8 Å². The summed E-state index contributed by atoms with van der Waals surface area (Å²) in [7, 11) is 0. The third-order valence-electron chi connectivity index (χ3n) is 5.98. The Kier molecular flexibility index (Phi) is 10.8. The van der Waals surface area contributed by atoms with Crippen molar-refractivity contribution in [2.45, 2.75) is 64.4 Å². The number of thioether (sulfide) groups is 1. The van der Waals surface area contributed by atoms with Crippen LogP contribution in [0.5, 0.6) is 0 Å². The fourth-order valence-corrected chi connectivity index (χ4v) is 4.73. The fraction of sp³-hybridized carbons (Fsp3) is 0.423. The molecule has 2 unspecified atom stereocenters. The number of hydrogen-bond acceptors (Lipinski definition) is 10. The van der Waals surface area contributed by atoms with Crippen LogP contribution in [0.3, 0.4) is 0 Å². The van der Waals surface area contributed by atoms with Gasteiger partial charge < -0.3 is 15.7 Å². The SMILES string of the molecule is CCc1cn(C(CC)C(=O)NC(CC(=O)O)C(=O)CSCc2ccccc2)c(=O)c(NCc2nonc2C)n1. The Balaban J connectivity index is 1.76. The standard InChI is InChI=1S/C26H32N6O6S/c1-4-18-13-32(26(37)24(28-18)27-12-20-16(3)30-38-31-20)21(5-2)25(36)29-19(11-23(34)35)22(33)15-39-14-17-9-7-6-8-10-17/h6-10,13,19,21H,4-5,11-12,14-15H2,1-3H3,(H,27,28)(H,29,36)(H,34,35). The van der Waals surface area contributed by atoms with E-state index < -0.39 is 41.7 Å². The van der Waals surface area contributed by atoms with Crippen molar-refractivity contribution in [1.82, 2.24) is 25.2 Å². The number of amides is 1. The maximum absolute atomic E-state index is 13.3. The summed E-state index contributed by atoms with van der Waals surface area (Å²) < 4.78 is 5.95. The highest BCUT2D eigenvalue weighted by molar-refractivity contribution is 7.99. The highest BCUT2D eigenvalue weighted by Crippen LogP contribution is 2.16. The third kappa shape index (κ3) is 8.24. The molecule has 1 amide bonds. The molecule has 13 heteroatoms. The summed E-state index contributed by atoms with van der Waals surface area (Å²) in [5.41, 5.74) is 2.13. The van der Waals surface area contributed by atoms with E-state index in [1.807, 2.05) is 37.3 Å². The topological polar surface area (TPSA) is 169 Å². The summed E-state index contributed by atoms with van der Waals surface area (Å²) in [6.07, 6.45) is 1.67. The number of anilines is 1. The molecule has 3 aromatic rings. The zero-order valence-corrected chi connectivity index (χ0v) is 22.9. The summed E-state index contributed by atoms with van der Waals surface area (Å²) in [5.74, 6) is -1.61. The quantitative estimate of drug-likeness (QED) is 0.251. The number of carbonyl (C=O) groups is 3. The lowest BCUT2D eigenvalue weighted by Crippen LogP contribution is -2.47. The van der Waals surface area contributed by atoms with Crippen molar-refractivity contribution in [3.63, 3.8) is 0 Å². The Labute approximate surface area is 229 Å². The molecule has 1 aromatic carbocycles. The minimum atomic E-state index is -1.23. The van der Waals surface area contributed by atoms with Crippen molar-refractivity contribution in [1.29, 1.82) is 0 Å². The van der Waals surface area contributed by atoms with E-state index in [-0.39, 0.29) is 24.5 Å². The van der Waals surface area contributed by atoms with Gasteiger partial charge in [0.1, 0.15) is 17.4 Å². The van der Waals surface area contributed by atoms with E-state index in [0.29, 0.717) is 29.3 Å². The number of carboxylic acid groups (broad SMARTS) is 1. The smallest absolute Gasteiger partial charge is 0.305 e. The first-order chi connectivity index (χ1) is 18.7. The number of aromatic nitrogens is 4. The first kappa shape index (κ1) is 29.6. The van der Waals surface area contributed by atoms with Gasteiger partial charge in [0.2, 0.25) is 5.91 Å². The third-order valence-corrected chi connectivity index (χ3v) is 7.00. The van der Waals surface area contributed by atoms with Gasteiger partial charge in [-0.05, 0) is 25.3 Å². The highest BCUT2D eigenvalue weighted by atomic mass is 32.2. The van der Waals surface area contributed by atoms with Gasteiger partial charge >= 0.3 is 5.97 Å². The van der Waals surface area contributed by atoms with Gasteiger partial charge in [0.15, 0.2) is 11.6 Å². The Morgan fingerprint density at radius 3 is 2.51 bits per heavy atom. The Morgan fingerprint density at radius 1 is 1.15 bits per heavy atom. The summed E-state index contributed by atoms with van der Waals surface area (Å²) >= 11 is 1.34. The van der Waals surface area contributed by atoms with Crippen molar-refractivity contribution >= 4 is 35.2 Å². The number of hydrogen-bond donors (Lipinski definition) is 3. The van der Waals surface area contributed by atoms with Crippen LogP contribution in [0.2, 0.25) is 0 Å². The minimum absolute atomic E-state index is 0.0264. The van der Waals surface area contributed by atoms with E-state index >= 15 is 0 Å². The van der Waals surface area contributed by atoms with Crippen molar-refractivity contribution in [3.8, 4) is 0 Å². The summed E-state index contributed by atoms with van der Waals surface area (Å²) in [5, 5.41) is 22.4. The van der Waals surface area contributed by atoms with Crippen LogP contribution in [0.4, 0.5) is 5.82 Å². The molecule has 0 aliphatic rings. The van der Waals surface area contributed by atoms with Crippen LogP contribution in [0.15, 0.2) is 46.0 Å². The number of rotatable bonds is 15. The molecule has 0 saturated carbocycles. The van der Waals surface area contributed by atoms with Gasteiger partial charge in [0, 0.05) is 11.9 Å². The van der Waals surface area contributed by atoms with Gasteiger partial charge in [-0.3, -0.25) is 23.7 Å². The molecule has 2 heterocycles. The zero-order chi connectivity index (χ0) is 28.4. The molecule has 0 saturated heterocycles. The largest absolute Gasteiger partial charge is 0.481 e. The van der Waals surface area contributed by atoms with E-state index in [1.165, 1.54) is 22.5 Å². The second-order valence-corrected chi connectivity index (χ2v) is 9.81. The number of ketones is 1. The van der Waals surface area contributed by atoms with Gasteiger partial charge in [-0.15, -0.1) is 11.8 Å². The molecule has 0 aliphatic carbocycles. The molecule has 0 aliphatic heterocycles. The monoisotopic (exact) mass is 556 g/mol. The van der Waals surface area contributed by atoms with E-state index in [0.717, 1.165) is 5.56 Å². The number of carbonyl (C=O) groups excluding carboxylic acids is 2. The lowest BCUT2D eigenvalue weighted by atomic mass is 10.1. The number of Topliss-reactive ketones (excluding diaryl/α,β-unsaturated/α-hetero) is 1. The lowest BCUT2D eigenvalue weighted by molar-refractivity contribution is -0.140. The van der Waals surface area contributed by atoms with Crippen LogP contribution in [-0.4, -0.2) is 54.4 Å². The minimum Gasteiger partial charge on any atom is -0.481 e. The fourth-order valence-electron chi connectivity index (χ4n) is 3.80. The highest BCUT2D eigenvalue weighted by Gasteiger charge is 2.28. The predicted molar refractivity (Wildman–Crippen MR) is 145 cm³/mol. The van der Waals surface area contributed by atoms with Crippen LogP contribution in [-0.2, 0) is 33.1 Å². The van der Waals surface area contributed by atoms with Crippen molar-refractivity contribution in [3.05, 3.63) is 69.5 Å².